The Morgan fingerprint density at radius 2 is 1.84 bits per heavy atom. The summed E-state index contributed by atoms with van der Waals surface area (Å²) in [4.78, 5) is 26.8. The first-order chi connectivity index (χ1) is 9.01. The van der Waals surface area contributed by atoms with Crippen molar-refractivity contribution in [2.24, 2.45) is 0 Å². The minimum absolute atomic E-state index is 0.0397. The second kappa shape index (κ2) is 5.48. The highest BCUT2D eigenvalue weighted by Crippen LogP contribution is 2.21. The summed E-state index contributed by atoms with van der Waals surface area (Å²) in [5, 5.41) is 0.548. The van der Waals surface area contributed by atoms with Crippen molar-refractivity contribution in [1.29, 1.82) is 0 Å². The van der Waals surface area contributed by atoms with Gasteiger partial charge < -0.3 is 15.5 Å². The number of likely N-dealkylation sites (N-methyl/N-ethyl adjacent to an activating group) is 1. The quantitative estimate of drug-likeness (QED) is 0.844. The van der Waals surface area contributed by atoms with Crippen molar-refractivity contribution >= 4 is 29.1 Å². The van der Waals surface area contributed by atoms with Crippen LogP contribution in [0.25, 0.3) is 0 Å². The highest BCUT2D eigenvalue weighted by molar-refractivity contribution is 6.31. The fourth-order valence-electron chi connectivity index (χ4n) is 2.06. The number of nitrogens with two attached hydrogens (primary N) is 1. The number of nitrogens with zero attached hydrogens (tertiary/aromatic N) is 2. The first-order valence-corrected chi connectivity index (χ1v) is 6.48. The van der Waals surface area contributed by atoms with E-state index in [4.69, 9.17) is 17.3 Å². The van der Waals surface area contributed by atoms with Crippen LogP contribution >= 0.6 is 11.6 Å². The first-order valence-electron chi connectivity index (χ1n) is 6.10. The van der Waals surface area contributed by atoms with Crippen LogP contribution in [-0.2, 0) is 16.1 Å². The lowest BCUT2D eigenvalue weighted by atomic mass is 10.1. The van der Waals surface area contributed by atoms with Gasteiger partial charge in [0, 0.05) is 23.8 Å². The number of rotatable bonds is 3. The number of carbonyl (C=O) groups is 2. The number of hydrogen-bond donors (Lipinski definition) is 1. The predicted molar refractivity (Wildman–Crippen MR) is 73.5 cm³/mol. The molecule has 0 bridgehead atoms. The van der Waals surface area contributed by atoms with Crippen LogP contribution in [0.5, 0.6) is 0 Å². The van der Waals surface area contributed by atoms with E-state index >= 15 is 0 Å². The van der Waals surface area contributed by atoms with E-state index in [1.807, 2.05) is 6.92 Å². The Morgan fingerprint density at radius 1 is 1.21 bits per heavy atom. The topological polar surface area (TPSA) is 66.6 Å². The van der Waals surface area contributed by atoms with Gasteiger partial charge in [0.15, 0.2) is 0 Å². The molecular weight excluding hydrogens is 266 g/mol. The molecule has 0 aliphatic carbocycles. The summed E-state index contributed by atoms with van der Waals surface area (Å²) in [5.74, 6) is -0.109. The van der Waals surface area contributed by atoms with E-state index in [0.29, 0.717) is 23.8 Å². The summed E-state index contributed by atoms with van der Waals surface area (Å²) in [6.45, 7) is 2.95. The van der Waals surface area contributed by atoms with E-state index in [0.717, 1.165) is 5.56 Å². The van der Waals surface area contributed by atoms with Gasteiger partial charge in [-0.25, -0.2) is 0 Å². The van der Waals surface area contributed by atoms with Crippen molar-refractivity contribution in [3.63, 3.8) is 0 Å². The molecule has 0 aromatic heterocycles. The Balaban J connectivity index is 2.13. The molecule has 0 atom stereocenters. The van der Waals surface area contributed by atoms with Crippen molar-refractivity contribution in [3.05, 3.63) is 28.8 Å². The molecule has 0 unspecified atom stereocenters. The van der Waals surface area contributed by atoms with E-state index in [9.17, 15) is 9.59 Å². The average Bonchev–Trinajstić information content (AvgIpc) is 2.37. The molecule has 1 saturated heterocycles. The summed E-state index contributed by atoms with van der Waals surface area (Å²) < 4.78 is 0. The van der Waals surface area contributed by atoms with Crippen LogP contribution in [0.1, 0.15) is 12.5 Å². The lowest BCUT2D eigenvalue weighted by molar-refractivity contribution is -0.150. The number of halogens is 1. The molecule has 1 heterocycles. The van der Waals surface area contributed by atoms with Crippen LogP contribution in [0, 0.1) is 0 Å². The Morgan fingerprint density at radius 3 is 2.53 bits per heavy atom. The minimum atomic E-state index is -0.0695. The van der Waals surface area contributed by atoms with Crippen molar-refractivity contribution in [1.82, 2.24) is 9.80 Å². The van der Waals surface area contributed by atoms with Crippen LogP contribution in [-0.4, -0.2) is 41.2 Å². The number of nitrogen functional groups attached to an aromatic ring is 1. The number of anilines is 1. The summed E-state index contributed by atoms with van der Waals surface area (Å²) >= 11 is 6.07. The van der Waals surface area contributed by atoms with Gasteiger partial charge in [0.2, 0.25) is 11.8 Å². The Hall–Kier alpha value is -1.75. The van der Waals surface area contributed by atoms with Crippen LogP contribution in [0.3, 0.4) is 0 Å². The van der Waals surface area contributed by atoms with Crippen molar-refractivity contribution in [3.8, 4) is 0 Å². The van der Waals surface area contributed by atoms with Gasteiger partial charge in [0.25, 0.3) is 0 Å². The van der Waals surface area contributed by atoms with Crippen LogP contribution in [0.4, 0.5) is 5.69 Å². The highest BCUT2D eigenvalue weighted by atomic mass is 35.5. The molecule has 1 fully saturated rings. The molecule has 2 N–H and O–H groups in total. The van der Waals surface area contributed by atoms with E-state index in [2.05, 4.69) is 0 Å². The standard InChI is InChI=1S/C13H16ClN3O2/c1-2-16-7-13(19)17(8-12(16)18)6-9-5-10(15)3-4-11(9)14/h3-5H,2,6-8,15H2,1H3. The second-order valence-electron chi connectivity index (χ2n) is 4.51. The zero-order chi connectivity index (χ0) is 14.0. The maximum Gasteiger partial charge on any atom is 0.242 e. The van der Waals surface area contributed by atoms with Gasteiger partial charge in [0.05, 0.1) is 6.54 Å². The van der Waals surface area contributed by atoms with Crippen molar-refractivity contribution in [2.75, 3.05) is 25.4 Å². The van der Waals surface area contributed by atoms with Crippen molar-refractivity contribution < 1.29 is 9.59 Å². The van der Waals surface area contributed by atoms with E-state index in [1.165, 1.54) is 4.90 Å². The Bertz CT molecular complexity index is 519. The van der Waals surface area contributed by atoms with Gasteiger partial charge in [-0.15, -0.1) is 0 Å². The third-order valence-electron chi connectivity index (χ3n) is 3.17. The lowest BCUT2D eigenvalue weighted by Crippen LogP contribution is -2.53. The summed E-state index contributed by atoms with van der Waals surface area (Å²) in [6.07, 6.45) is 0. The summed E-state index contributed by atoms with van der Waals surface area (Å²) in [6, 6.07) is 5.13. The SMILES string of the molecule is CCN1CC(=O)N(Cc2cc(N)ccc2Cl)CC1=O. The number of carbonyl (C=O) groups excluding carboxylic acids is 2. The first kappa shape index (κ1) is 13.7. The molecule has 102 valence electrons. The zero-order valence-electron chi connectivity index (χ0n) is 10.7. The molecule has 0 saturated carbocycles. The van der Waals surface area contributed by atoms with Crippen LogP contribution in [0.15, 0.2) is 18.2 Å². The maximum atomic E-state index is 12.0. The van der Waals surface area contributed by atoms with Crippen LogP contribution in [0.2, 0.25) is 5.02 Å². The van der Waals surface area contributed by atoms with Gasteiger partial charge in [-0.05, 0) is 30.7 Å². The van der Waals surface area contributed by atoms with Gasteiger partial charge in [-0.3, -0.25) is 9.59 Å². The molecule has 1 aromatic carbocycles. The monoisotopic (exact) mass is 281 g/mol. The predicted octanol–water partition coefficient (Wildman–Crippen LogP) is 1.11. The molecule has 5 nitrogen and oxygen atoms in total. The molecular formula is C13H16ClN3O2. The normalized spacial score (nSPS) is 16.1. The Kier molecular flexibility index (Phi) is 3.95. The van der Waals surface area contributed by atoms with Crippen molar-refractivity contribution in [2.45, 2.75) is 13.5 Å². The van der Waals surface area contributed by atoms with Gasteiger partial charge in [-0.1, -0.05) is 11.6 Å². The smallest absolute Gasteiger partial charge is 0.242 e. The lowest BCUT2D eigenvalue weighted by Gasteiger charge is -2.33. The summed E-state index contributed by atoms with van der Waals surface area (Å²) in [5.41, 5.74) is 7.05. The molecule has 1 aromatic rings. The molecule has 1 aliphatic heterocycles. The third-order valence-corrected chi connectivity index (χ3v) is 3.54. The number of piperazine rings is 1. The molecule has 2 rings (SSSR count). The largest absolute Gasteiger partial charge is 0.399 e. The van der Waals surface area contributed by atoms with E-state index in [1.54, 1.807) is 23.1 Å². The summed E-state index contributed by atoms with van der Waals surface area (Å²) in [7, 11) is 0. The Labute approximate surface area is 116 Å². The average molecular weight is 282 g/mol. The maximum absolute atomic E-state index is 12.0. The van der Waals surface area contributed by atoms with Crippen LogP contribution < -0.4 is 5.73 Å². The number of hydrogen-bond acceptors (Lipinski definition) is 3. The highest BCUT2D eigenvalue weighted by Gasteiger charge is 2.29. The molecule has 0 spiro atoms. The van der Waals surface area contributed by atoms with E-state index in [-0.39, 0.29) is 24.9 Å². The van der Waals surface area contributed by atoms with E-state index < -0.39 is 0 Å². The molecule has 0 radical (unpaired) electrons. The third kappa shape index (κ3) is 2.98. The zero-order valence-corrected chi connectivity index (χ0v) is 11.5. The van der Waals surface area contributed by atoms with Gasteiger partial charge >= 0.3 is 0 Å². The number of benzene rings is 1. The number of amides is 2. The van der Waals surface area contributed by atoms with Gasteiger partial charge in [0.1, 0.15) is 6.54 Å². The fraction of sp³-hybridized carbons (Fsp3) is 0.385. The molecule has 6 heteroatoms. The fourth-order valence-corrected chi connectivity index (χ4v) is 2.23. The molecule has 19 heavy (non-hydrogen) atoms. The van der Waals surface area contributed by atoms with Gasteiger partial charge in [-0.2, -0.15) is 0 Å². The molecule has 1 aliphatic rings. The minimum Gasteiger partial charge on any atom is -0.399 e. The second-order valence-corrected chi connectivity index (χ2v) is 4.92. The molecule has 2 amide bonds.